The molecule has 2 aromatic rings. The van der Waals surface area contributed by atoms with Gasteiger partial charge in [-0.05, 0) is 19.1 Å². The van der Waals surface area contributed by atoms with Gasteiger partial charge in [-0.15, -0.1) is 0 Å². The third-order valence-electron chi connectivity index (χ3n) is 4.78. The topological polar surface area (TPSA) is 95.2 Å². The smallest absolute Gasteiger partial charge is 0.258 e. The molecule has 2 atom stereocenters. The lowest BCUT2D eigenvalue weighted by Gasteiger charge is -2.18. The number of pyridine rings is 1. The van der Waals surface area contributed by atoms with E-state index in [1.165, 1.54) is 24.5 Å². The summed E-state index contributed by atoms with van der Waals surface area (Å²) in [6.07, 6.45) is -0.714. The maximum Gasteiger partial charge on any atom is 0.258 e. The van der Waals surface area contributed by atoms with Gasteiger partial charge in [-0.2, -0.15) is 0 Å². The van der Waals surface area contributed by atoms with Crippen LogP contribution in [0.25, 0.3) is 5.65 Å². The number of aromatic nitrogens is 2. The molecule has 8 nitrogen and oxygen atoms in total. The maximum atomic E-state index is 12.4. The van der Waals surface area contributed by atoms with Crippen molar-refractivity contribution in [2.24, 2.45) is 5.92 Å². The molecule has 0 bridgehead atoms. The van der Waals surface area contributed by atoms with E-state index in [1.807, 2.05) is 24.0 Å². The number of likely N-dealkylation sites (tertiary alicyclic amines) is 1. The number of hydrogen-bond donors (Lipinski definition) is 1. The summed E-state index contributed by atoms with van der Waals surface area (Å²) in [4.78, 5) is 18.8. The first-order chi connectivity index (χ1) is 12.2. The lowest BCUT2D eigenvalue weighted by Crippen LogP contribution is -2.33. The summed E-state index contributed by atoms with van der Waals surface area (Å²) in [5.41, 5.74) is 1.87. The van der Waals surface area contributed by atoms with E-state index >= 15 is 0 Å². The van der Waals surface area contributed by atoms with Gasteiger partial charge >= 0.3 is 0 Å². The Morgan fingerprint density at radius 3 is 2.73 bits per heavy atom. The van der Waals surface area contributed by atoms with E-state index in [9.17, 15) is 18.3 Å². The van der Waals surface area contributed by atoms with Crippen LogP contribution in [0.1, 0.15) is 11.4 Å². The molecule has 3 rings (SSSR count). The zero-order chi connectivity index (χ0) is 19.1. The third kappa shape index (κ3) is 3.80. The monoisotopic (exact) mass is 380 g/mol. The van der Waals surface area contributed by atoms with E-state index in [4.69, 9.17) is 0 Å². The van der Waals surface area contributed by atoms with Crippen molar-refractivity contribution in [1.82, 2.24) is 18.6 Å². The predicted octanol–water partition coefficient (Wildman–Crippen LogP) is -0.313. The molecular weight excluding hydrogens is 356 g/mol. The van der Waals surface area contributed by atoms with Crippen molar-refractivity contribution in [2.45, 2.75) is 19.6 Å². The van der Waals surface area contributed by atoms with Gasteiger partial charge in [0.15, 0.2) is 0 Å². The van der Waals surface area contributed by atoms with Crippen molar-refractivity contribution in [3.05, 3.63) is 46.0 Å². The fraction of sp³-hybridized carbons (Fsp3) is 0.529. The lowest BCUT2D eigenvalue weighted by molar-refractivity contribution is 0.148. The number of sulfonamides is 1. The molecular formula is C17H24N4O4S. The zero-order valence-corrected chi connectivity index (χ0v) is 16.0. The average molecular weight is 380 g/mol. The summed E-state index contributed by atoms with van der Waals surface area (Å²) in [6, 6.07) is 6.98. The molecule has 0 aliphatic carbocycles. The Kier molecular flexibility index (Phi) is 5.16. The molecule has 1 N–H and O–H groups in total. The zero-order valence-electron chi connectivity index (χ0n) is 15.2. The first kappa shape index (κ1) is 19.0. The minimum absolute atomic E-state index is 0.0926. The van der Waals surface area contributed by atoms with E-state index < -0.39 is 16.1 Å². The SMILES string of the molecule is Cc1cccc2nc(CN3C[C@@H](CS(=O)(=O)N(C)C)[C@H](O)C3)cc(=O)n12. The Morgan fingerprint density at radius 1 is 1.31 bits per heavy atom. The molecule has 26 heavy (non-hydrogen) atoms. The molecule has 3 heterocycles. The van der Waals surface area contributed by atoms with Crippen LogP contribution < -0.4 is 5.56 Å². The van der Waals surface area contributed by atoms with Gasteiger partial charge in [-0.3, -0.25) is 14.1 Å². The van der Waals surface area contributed by atoms with Crippen LogP contribution in [0.3, 0.4) is 0 Å². The molecule has 1 saturated heterocycles. The summed E-state index contributed by atoms with van der Waals surface area (Å²) in [6.45, 7) is 3.06. The molecule has 0 radical (unpaired) electrons. The number of aryl methyl sites for hydroxylation is 1. The molecule has 0 spiro atoms. The van der Waals surface area contributed by atoms with Gasteiger partial charge < -0.3 is 5.11 Å². The highest BCUT2D eigenvalue weighted by Gasteiger charge is 2.35. The van der Waals surface area contributed by atoms with E-state index in [0.717, 1.165) is 5.69 Å². The highest BCUT2D eigenvalue weighted by atomic mass is 32.2. The number of aliphatic hydroxyl groups is 1. The standard InChI is InChI=1S/C17H24N4O4S/c1-12-5-4-6-16-18-14(7-17(23)21(12)16)9-20-8-13(15(22)10-20)11-26(24,25)19(2)3/h4-7,13,15,22H,8-11H2,1-3H3/t13-,15+/m0/s1. The molecule has 0 saturated carbocycles. The Bertz CT molecular complexity index is 970. The van der Waals surface area contributed by atoms with Gasteiger partial charge in [0.05, 0.1) is 17.6 Å². The van der Waals surface area contributed by atoms with Crippen molar-refractivity contribution in [3.63, 3.8) is 0 Å². The first-order valence-electron chi connectivity index (χ1n) is 8.46. The van der Waals surface area contributed by atoms with Crippen molar-refractivity contribution in [3.8, 4) is 0 Å². The number of fused-ring (bicyclic) bond motifs is 1. The summed E-state index contributed by atoms with van der Waals surface area (Å²) < 4.78 is 26.8. The number of β-amino-alcohol motifs (C(OH)–C–C–N with tert-alkyl or cyclic N) is 1. The van der Waals surface area contributed by atoms with Crippen LogP contribution in [0.5, 0.6) is 0 Å². The lowest BCUT2D eigenvalue weighted by atomic mass is 10.1. The second-order valence-corrected chi connectivity index (χ2v) is 9.26. The molecule has 142 valence electrons. The fourth-order valence-corrected chi connectivity index (χ4v) is 4.49. The number of aliphatic hydroxyl groups excluding tert-OH is 1. The van der Waals surface area contributed by atoms with Gasteiger partial charge in [0.25, 0.3) is 5.56 Å². The average Bonchev–Trinajstić information content (AvgIpc) is 2.85. The summed E-state index contributed by atoms with van der Waals surface area (Å²) in [7, 11) is -0.396. The molecule has 1 aliphatic heterocycles. The van der Waals surface area contributed by atoms with Crippen molar-refractivity contribution in [2.75, 3.05) is 32.9 Å². The number of nitrogens with zero attached hydrogens (tertiary/aromatic N) is 4. The van der Waals surface area contributed by atoms with E-state index in [2.05, 4.69) is 4.98 Å². The quantitative estimate of drug-likeness (QED) is 0.764. The molecule has 0 unspecified atom stereocenters. The Balaban J connectivity index is 1.76. The highest BCUT2D eigenvalue weighted by molar-refractivity contribution is 7.89. The number of rotatable bonds is 5. The van der Waals surface area contributed by atoms with Crippen molar-refractivity contribution >= 4 is 15.7 Å². The fourth-order valence-electron chi connectivity index (χ4n) is 3.33. The summed E-state index contributed by atoms with van der Waals surface area (Å²) >= 11 is 0. The minimum atomic E-state index is -3.37. The summed E-state index contributed by atoms with van der Waals surface area (Å²) in [5, 5.41) is 10.2. The number of hydrogen-bond acceptors (Lipinski definition) is 6. The first-order valence-corrected chi connectivity index (χ1v) is 10.1. The van der Waals surface area contributed by atoms with E-state index in [0.29, 0.717) is 31.0 Å². The Labute approximate surface area is 152 Å². The van der Waals surface area contributed by atoms with Crippen molar-refractivity contribution < 1.29 is 13.5 Å². The minimum Gasteiger partial charge on any atom is -0.391 e. The van der Waals surface area contributed by atoms with Crippen LogP contribution in [0.4, 0.5) is 0 Å². The van der Waals surface area contributed by atoms with Crippen LogP contribution in [-0.2, 0) is 16.6 Å². The van der Waals surface area contributed by atoms with Gasteiger partial charge in [0.1, 0.15) is 5.65 Å². The van der Waals surface area contributed by atoms with E-state index in [1.54, 1.807) is 10.5 Å². The normalized spacial score (nSPS) is 21.7. The molecule has 2 aromatic heterocycles. The second kappa shape index (κ2) is 7.07. The third-order valence-corrected chi connectivity index (χ3v) is 6.74. The van der Waals surface area contributed by atoms with Crippen LogP contribution in [0, 0.1) is 12.8 Å². The highest BCUT2D eigenvalue weighted by Crippen LogP contribution is 2.21. The Morgan fingerprint density at radius 2 is 2.04 bits per heavy atom. The second-order valence-electron chi connectivity index (χ2n) is 7.03. The van der Waals surface area contributed by atoms with Gasteiger partial charge in [-0.1, -0.05) is 6.07 Å². The van der Waals surface area contributed by atoms with Crippen LogP contribution >= 0.6 is 0 Å². The molecule has 1 aliphatic rings. The maximum absolute atomic E-state index is 12.4. The predicted molar refractivity (Wildman–Crippen MR) is 98.4 cm³/mol. The molecule has 9 heteroatoms. The van der Waals surface area contributed by atoms with Gasteiger partial charge in [0.2, 0.25) is 10.0 Å². The van der Waals surface area contributed by atoms with Crippen LogP contribution in [0.2, 0.25) is 0 Å². The van der Waals surface area contributed by atoms with Gasteiger partial charge in [0, 0.05) is 51.4 Å². The largest absolute Gasteiger partial charge is 0.391 e. The van der Waals surface area contributed by atoms with Crippen molar-refractivity contribution in [1.29, 1.82) is 0 Å². The van der Waals surface area contributed by atoms with Crippen LogP contribution in [0.15, 0.2) is 29.1 Å². The molecule has 0 amide bonds. The molecule has 0 aromatic carbocycles. The Hall–Kier alpha value is -1.81. The van der Waals surface area contributed by atoms with E-state index in [-0.39, 0.29) is 17.2 Å². The van der Waals surface area contributed by atoms with Crippen LogP contribution in [-0.4, -0.2) is 71.2 Å². The summed E-state index contributed by atoms with van der Waals surface area (Å²) in [5.74, 6) is -0.448. The van der Waals surface area contributed by atoms with Gasteiger partial charge in [-0.25, -0.2) is 17.7 Å². The molecule has 1 fully saturated rings.